The van der Waals surface area contributed by atoms with Crippen molar-refractivity contribution < 1.29 is 23.9 Å². The smallest absolute Gasteiger partial charge is 0.360 e. The molecule has 0 spiro atoms. The molecule has 9 heteroatoms. The maximum Gasteiger partial charge on any atom is 0.360 e. The zero-order chi connectivity index (χ0) is 16.8. The average Bonchev–Trinajstić information content (AvgIpc) is 2.83. The van der Waals surface area contributed by atoms with Crippen LogP contribution in [-0.2, 0) is 14.3 Å². The van der Waals surface area contributed by atoms with E-state index >= 15 is 0 Å². The lowest BCUT2D eigenvalue weighted by Crippen LogP contribution is -2.37. The number of nitrogens with one attached hydrogen (secondary N) is 2. The molecular formula is C13H19N3O5S. The normalized spacial score (nSPS) is 10.7. The van der Waals surface area contributed by atoms with Crippen LogP contribution in [0.1, 0.15) is 38.2 Å². The molecule has 122 valence electrons. The van der Waals surface area contributed by atoms with Crippen molar-refractivity contribution in [3.05, 3.63) is 11.2 Å². The van der Waals surface area contributed by atoms with Crippen LogP contribution in [0.5, 0.6) is 0 Å². The van der Waals surface area contributed by atoms with Crippen molar-refractivity contribution in [1.29, 1.82) is 0 Å². The number of carbonyl (C=O) groups excluding carboxylic acids is 3. The van der Waals surface area contributed by atoms with Crippen molar-refractivity contribution in [2.45, 2.75) is 33.3 Å². The third-order valence-corrected chi connectivity index (χ3v) is 2.82. The Bertz CT molecular complexity index is 550. The highest BCUT2D eigenvalue weighted by Gasteiger charge is 2.19. The predicted octanol–water partition coefficient (Wildman–Crippen LogP) is 1.78. The first-order valence-electron chi connectivity index (χ1n) is 6.60. The summed E-state index contributed by atoms with van der Waals surface area (Å²) in [6, 6.07) is -0.638. The van der Waals surface area contributed by atoms with Gasteiger partial charge < -0.3 is 14.8 Å². The Labute approximate surface area is 132 Å². The third-order valence-electron chi connectivity index (χ3n) is 2.08. The van der Waals surface area contributed by atoms with Gasteiger partial charge in [-0.2, -0.15) is 0 Å². The summed E-state index contributed by atoms with van der Waals surface area (Å²) in [5.74, 6) is -1.18. The molecule has 1 rings (SSSR count). The molecule has 1 aromatic heterocycles. The molecule has 0 radical (unpaired) electrons. The fraction of sp³-hybridized carbons (Fsp3) is 0.538. The van der Waals surface area contributed by atoms with Gasteiger partial charge in [0.25, 0.3) is 0 Å². The van der Waals surface area contributed by atoms with Gasteiger partial charge >= 0.3 is 18.0 Å². The number of esters is 2. The summed E-state index contributed by atoms with van der Waals surface area (Å²) in [6.45, 7) is 6.79. The Morgan fingerprint density at radius 1 is 1.32 bits per heavy atom. The molecule has 1 aromatic rings. The minimum absolute atomic E-state index is 0.0271. The fourth-order valence-electron chi connectivity index (χ4n) is 1.36. The molecule has 2 amide bonds. The summed E-state index contributed by atoms with van der Waals surface area (Å²) in [5.41, 5.74) is 0.818. The summed E-state index contributed by atoms with van der Waals surface area (Å²) < 4.78 is 9.87. The molecule has 0 unspecified atom stereocenters. The van der Waals surface area contributed by atoms with Crippen molar-refractivity contribution in [3.8, 4) is 0 Å². The minimum atomic E-state index is -0.638. The summed E-state index contributed by atoms with van der Waals surface area (Å²) in [7, 11) is 0. The van der Waals surface area contributed by atoms with Gasteiger partial charge in [-0.15, -0.1) is 11.3 Å². The van der Waals surface area contributed by atoms with Crippen LogP contribution in [0.2, 0.25) is 0 Å². The lowest BCUT2D eigenvalue weighted by Gasteiger charge is -2.19. The summed E-state index contributed by atoms with van der Waals surface area (Å²) in [5, 5.41) is 5.04. The van der Waals surface area contributed by atoms with Crippen molar-refractivity contribution in [2.24, 2.45) is 0 Å². The summed E-state index contributed by atoms with van der Waals surface area (Å²) >= 11 is 1.08. The van der Waals surface area contributed by atoms with E-state index < -0.39 is 23.6 Å². The molecule has 2 N–H and O–H groups in total. The maximum atomic E-state index is 11.7. The second-order valence-electron chi connectivity index (χ2n) is 5.14. The zero-order valence-corrected chi connectivity index (χ0v) is 13.7. The molecular weight excluding hydrogens is 310 g/mol. The second-order valence-corrected chi connectivity index (χ2v) is 6.00. The number of ether oxygens (including phenoxy) is 2. The zero-order valence-electron chi connectivity index (χ0n) is 12.9. The Morgan fingerprint density at radius 2 is 2.00 bits per heavy atom. The molecule has 0 fully saturated rings. The van der Waals surface area contributed by atoms with E-state index in [4.69, 9.17) is 9.47 Å². The number of thiazole rings is 1. The third kappa shape index (κ3) is 6.08. The monoisotopic (exact) mass is 329 g/mol. The van der Waals surface area contributed by atoms with E-state index in [1.54, 1.807) is 27.7 Å². The minimum Gasteiger partial charge on any atom is -0.461 e. The number of urea groups is 1. The Hall–Kier alpha value is -2.16. The maximum absolute atomic E-state index is 11.7. The number of nitrogens with zero attached hydrogens (tertiary/aromatic N) is 1. The highest BCUT2D eigenvalue weighted by molar-refractivity contribution is 7.14. The van der Waals surface area contributed by atoms with Gasteiger partial charge in [0.1, 0.15) is 17.1 Å². The van der Waals surface area contributed by atoms with Crippen LogP contribution >= 0.6 is 11.3 Å². The molecule has 0 saturated heterocycles. The van der Waals surface area contributed by atoms with E-state index in [1.165, 1.54) is 5.51 Å². The van der Waals surface area contributed by atoms with Gasteiger partial charge in [-0.05, 0) is 27.7 Å². The molecule has 0 aliphatic rings. The fourth-order valence-corrected chi connectivity index (χ4v) is 2.02. The van der Waals surface area contributed by atoms with Gasteiger partial charge in [-0.25, -0.2) is 14.6 Å². The lowest BCUT2D eigenvalue weighted by molar-refractivity contribution is -0.153. The van der Waals surface area contributed by atoms with Crippen LogP contribution in [0.25, 0.3) is 0 Å². The van der Waals surface area contributed by atoms with Gasteiger partial charge in [0.05, 0.1) is 12.1 Å². The molecule has 22 heavy (non-hydrogen) atoms. The van der Waals surface area contributed by atoms with E-state index in [9.17, 15) is 14.4 Å². The Kier molecular flexibility index (Phi) is 6.29. The molecule has 0 aliphatic heterocycles. The Balaban J connectivity index is 2.51. The van der Waals surface area contributed by atoms with E-state index in [1.807, 2.05) is 0 Å². The first-order chi connectivity index (χ1) is 10.2. The molecule has 0 aromatic carbocycles. The van der Waals surface area contributed by atoms with E-state index in [0.717, 1.165) is 11.3 Å². The Morgan fingerprint density at radius 3 is 2.59 bits per heavy atom. The van der Waals surface area contributed by atoms with Gasteiger partial charge in [-0.3, -0.25) is 10.1 Å². The number of hydrogen-bond acceptors (Lipinski definition) is 7. The predicted molar refractivity (Wildman–Crippen MR) is 80.9 cm³/mol. The summed E-state index contributed by atoms with van der Waals surface area (Å²) in [6.07, 6.45) is 0. The first kappa shape index (κ1) is 17.9. The number of hydrogen-bond donors (Lipinski definition) is 2. The quantitative estimate of drug-likeness (QED) is 0.798. The number of amides is 2. The highest BCUT2D eigenvalue weighted by Crippen LogP contribution is 2.20. The molecule has 0 bridgehead atoms. The second kappa shape index (κ2) is 7.74. The highest BCUT2D eigenvalue weighted by atomic mass is 32.1. The van der Waals surface area contributed by atoms with Crippen LogP contribution in [0.3, 0.4) is 0 Å². The standard InChI is InChI=1S/C13H19N3O5S/c1-5-20-11(18)9-10(22-7-15-9)16-12(19)14-6-8(17)21-13(2,3)4/h7H,5-6H2,1-4H3,(H2,14,16,19). The van der Waals surface area contributed by atoms with Crippen LogP contribution in [0.4, 0.5) is 9.80 Å². The van der Waals surface area contributed by atoms with Crippen molar-refractivity contribution >= 4 is 34.3 Å². The van der Waals surface area contributed by atoms with Crippen molar-refractivity contribution in [3.63, 3.8) is 0 Å². The van der Waals surface area contributed by atoms with Crippen LogP contribution < -0.4 is 10.6 Å². The van der Waals surface area contributed by atoms with E-state index in [-0.39, 0.29) is 23.8 Å². The van der Waals surface area contributed by atoms with Gasteiger partial charge in [0, 0.05) is 0 Å². The topological polar surface area (TPSA) is 107 Å². The van der Waals surface area contributed by atoms with Crippen LogP contribution in [0, 0.1) is 0 Å². The van der Waals surface area contributed by atoms with E-state index in [2.05, 4.69) is 15.6 Å². The molecule has 0 atom stereocenters. The van der Waals surface area contributed by atoms with Crippen LogP contribution in [-0.4, -0.2) is 41.7 Å². The van der Waals surface area contributed by atoms with Gasteiger partial charge in [0.15, 0.2) is 5.69 Å². The number of anilines is 1. The van der Waals surface area contributed by atoms with Crippen molar-refractivity contribution in [1.82, 2.24) is 10.3 Å². The average molecular weight is 329 g/mol. The van der Waals surface area contributed by atoms with Crippen molar-refractivity contribution in [2.75, 3.05) is 18.5 Å². The summed E-state index contributed by atoms with van der Waals surface area (Å²) in [4.78, 5) is 38.6. The number of aromatic nitrogens is 1. The number of carbonyl (C=O) groups is 3. The lowest BCUT2D eigenvalue weighted by atomic mass is 10.2. The van der Waals surface area contributed by atoms with Gasteiger partial charge in [-0.1, -0.05) is 0 Å². The first-order valence-corrected chi connectivity index (χ1v) is 7.48. The molecule has 0 saturated carbocycles. The van der Waals surface area contributed by atoms with Crippen LogP contribution in [0.15, 0.2) is 5.51 Å². The molecule has 1 heterocycles. The molecule has 0 aliphatic carbocycles. The molecule has 8 nitrogen and oxygen atoms in total. The SMILES string of the molecule is CCOC(=O)c1ncsc1NC(=O)NCC(=O)OC(C)(C)C. The van der Waals surface area contributed by atoms with Gasteiger partial charge in [0.2, 0.25) is 0 Å². The largest absolute Gasteiger partial charge is 0.461 e. The number of rotatable bonds is 5. The van der Waals surface area contributed by atoms with E-state index in [0.29, 0.717) is 0 Å².